The first-order chi connectivity index (χ1) is 13.0. The lowest BCUT2D eigenvalue weighted by Crippen LogP contribution is -2.50. The average Bonchev–Trinajstić information content (AvgIpc) is 3.36. The Hall–Kier alpha value is -2.18. The molecule has 5 nitrogen and oxygen atoms in total. The molecule has 0 radical (unpaired) electrons. The molecule has 2 heterocycles. The lowest BCUT2D eigenvalue weighted by Gasteiger charge is -2.39. The fourth-order valence-corrected chi connectivity index (χ4v) is 4.32. The van der Waals surface area contributed by atoms with Crippen molar-refractivity contribution in [3.05, 3.63) is 29.8 Å². The molecule has 0 N–H and O–H groups in total. The van der Waals surface area contributed by atoms with Crippen LogP contribution in [0.2, 0.25) is 0 Å². The first-order valence-corrected chi connectivity index (χ1v) is 9.60. The van der Waals surface area contributed by atoms with E-state index in [1.54, 1.807) is 4.90 Å². The van der Waals surface area contributed by atoms with E-state index in [0.717, 1.165) is 25.9 Å². The van der Waals surface area contributed by atoms with E-state index < -0.39 is 12.0 Å². The summed E-state index contributed by atoms with van der Waals surface area (Å²) in [7, 11) is 0. The van der Waals surface area contributed by atoms with Crippen LogP contribution in [0, 0.1) is 11.3 Å². The van der Waals surface area contributed by atoms with Gasteiger partial charge in [-0.15, -0.1) is 0 Å². The van der Waals surface area contributed by atoms with Crippen LogP contribution in [-0.4, -0.2) is 54.4 Å². The van der Waals surface area contributed by atoms with Gasteiger partial charge in [0.2, 0.25) is 5.91 Å². The largest absolute Gasteiger partial charge is 0.435 e. The number of nitrogens with zero attached hydrogens (tertiary/aromatic N) is 2. The summed E-state index contributed by atoms with van der Waals surface area (Å²) in [6.07, 6.45) is 4.95. The van der Waals surface area contributed by atoms with Crippen molar-refractivity contribution in [2.24, 2.45) is 11.3 Å². The monoisotopic (exact) mass is 378 g/mol. The van der Waals surface area contributed by atoms with Crippen molar-refractivity contribution in [1.29, 1.82) is 0 Å². The zero-order chi connectivity index (χ0) is 19.0. The second kappa shape index (κ2) is 7.09. The number of benzene rings is 1. The van der Waals surface area contributed by atoms with Crippen molar-refractivity contribution in [2.75, 3.05) is 26.2 Å². The maximum atomic E-state index is 13.1. The molecule has 4 rings (SSSR count). The molecule has 0 bridgehead atoms. The highest BCUT2D eigenvalue weighted by Gasteiger charge is 2.49. The van der Waals surface area contributed by atoms with Crippen LogP contribution in [-0.2, 0) is 4.79 Å². The van der Waals surface area contributed by atoms with Crippen molar-refractivity contribution in [3.8, 4) is 5.75 Å². The Balaban J connectivity index is 1.42. The molecule has 146 valence electrons. The number of piperidine rings is 1. The molecule has 1 aromatic carbocycles. The zero-order valence-corrected chi connectivity index (χ0v) is 15.2. The Morgan fingerprint density at radius 2 is 1.93 bits per heavy atom. The molecule has 1 saturated carbocycles. The average molecular weight is 378 g/mol. The minimum atomic E-state index is -2.89. The van der Waals surface area contributed by atoms with E-state index in [2.05, 4.69) is 4.74 Å². The number of likely N-dealkylation sites (tertiary alicyclic amines) is 2. The van der Waals surface area contributed by atoms with E-state index >= 15 is 0 Å². The molecule has 7 heteroatoms. The SMILES string of the molecule is O=C(c1ccc(OC(F)F)cc1)N1CCC2(CCCN(CC3CC3)C2=O)C1. The minimum Gasteiger partial charge on any atom is -0.435 e. The summed E-state index contributed by atoms with van der Waals surface area (Å²) >= 11 is 0. The van der Waals surface area contributed by atoms with Crippen LogP contribution in [0.1, 0.15) is 42.5 Å². The highest BCUT2D eigenvalue weighted by Crippen LogP contribution is 2.42. The van der Waals surface area contributed by atoms with Crippen LogP contribution in [0.5, 0.6) is 5.75 Å². The Bertz CT molecular complexity index is 720. The topological polar surface area (TPSA) is 49.9 Å². The highest BCUT2D eigenvalue weighted by molar-refractivity contribution is 5.95. The number of amides is 2. The predicted octanol–water partition coefficient (Wildman–Crippen LogP) is 3.15. The fraction of sp³-hybridized carbons (Fsp3) is 0.600. The standard InChI is InChI=1S/C20H24F2N2O3/c21-19(22)27-16-6-4-15(5-7-16)17(25)24-11-9-20(13-24)8-1-10-23(18(20)26)12-14-2-3-14/h4-7,14,19H,1-3,8-13H2. The van der Waals surface area contributed by atoms with Crippen LogP contribution >= 0.6 is 0 Å². The Morgan fingerprint density at radius 3 is 2.59 bits per heavy atom. The van der Waals surface area contributed by atoms with Crippen LogP contribution in [0.4, 0.5) is 8.78 Å². The van der Waals surface area contributed by atoms with Gasteiger partial charge in [-0.25, -0.2) is 0 Å². The van der Waals surface area contributed by atoms with Gasteiger partial charge in [-0.1, -0.05) is 0 Å². The summed E-state index contributed by atoms with van der Waals surface area (Å²) in [6, 6.07) is 5.73. The van der Waals surface area contributed by atoms with Crippen molar-refractivity contribution < 1.29 is 23.1 Å². The van der Waals surface area contributed by atoms with Gasteiger partial charge in [0.25, 0.3) is 5.91 Å². The van der Waals surface area contributed by atoms with Gasteiger partial charge in [-0.2, -0.15) is 8.78 Å². The summed E-state index contributed by atoms with van der Waals surface area (Å²) in [5, 5.41) is 0. The molecular weight excluding hydrogens is 354 g/mol. The van der Waals surface area contributed by atoms with E-state index in [9.17, 15) is 18.4 Å². The van der Waals surface area contributed by atoms with E-state index in [1.807, 2.05) is 4.90 Å². The Morgan fingerprint density at radius 1 is 1.19 bits per heavy atom. The highest BCUT2D eigenvalue weighted by atomic mass is 19.3. The smallest absolute Gasteiger partial charge is 0.387 e. The third-order valence-corrected chi connectivity index (χ3v) is 5.97. The van der Waals surface area contributed by atoms with E-state index in [-0.39, 0.29) is 17.6 Å². The molecule has 3 aliphatic rings. The second-order valence-electron chi connectivity index (χ2n) is 7.96. The zero-order valence-electron chi connectivity index (χ0n) is 15.2. The van der Waals surface area contributed by atoms with Crippen molar-refractivity contribution in [2.45, 2.75) is 38.7 Å². The van der Waals surface area contributed by atoms with Gasteiger partial charge < -0.3 is 14.5 Å². The molecule has 1 aliphatic carbocycles. The third-order valence-electron chi connectivity index (χ3n) is 5.97. The van der Waals surface area contributed by atoms with Crippen LogP contribution in [0.15, 0.2) is 24.3 Å². The van der Waals surface area contributed by atoms with E-state index in [0.29, 0.717) is 31.0 Å². The summed E-state index contributed by atoms with van der Waals surface area (Å²) in [5.41, 5.74) is -0.0200. The van der Waals surface area contributed by atoms with Gasteiger partial charge in [0.1, 0.15) is 5.75 Å². The van der Waals surface area contributed by atoms with E-state index in [4.69, 9.17) is 0 Å². The molecule has 1 spiro atoms. The van der Waals surface area contributed by atoms with Gasteiger partial charge in [0.15, 0.2) is 0 Å². The molecule has 3 fully saturated rings. The maximum Gasteiger partial charge on any atom is 0.387 e. The van der Waals surface area contributed by atoms with Gasteiger partial charge in [0, 0.05) is 31.7 Å². The number of carbonyl (C=O) groups is 2. The van der Waals surface area contributed by atoms with E-state index in [1.165, 1.54) is 37.1 Å². The Labute approximate surface area is 157 Å². The summed E-state index contributed by atoms with van der Waals surface area (Å²) in [4.78, 5) is 29.6. The number of ether oxygens (including phenoxy) is 1. The Kier molecular flexibility index (Phi) is 4.78. The number of carbonyl (C=O) groups excluding carboxylic acids is 2. The maximum absolute atomic E-state index is 13.1. The predicted molar refractivity (Wildman–Crippen MR) is 94.6 cm³/mol. The number of halogens is 2. The lowest BCUT2D eigenvalue weighted by molar-refractivity contribution is -0.145. The molecular formula is C20H24F2N2O3. The quantitative estimate of drug-likeness (QED) is 0.791. The summed E-state index contributed by atoms with van der Waals surface area (Å²) < 4.78 is 28.8. The molecule has 1 unspecified atom stereocenters. The first-order valence-electron chi connectivity index (χ1n) is 9.60. The number of hydrogen-bond acceptors (Lipinski definition) is 3. The van der Waals surface area contributed by atoms with Crippen LogP contribution < -0.4 is 4.74 Å². The molecule has 1 atom stereocenters. The third kappa shape index (κ3) is 3.77. The lowest BCUT2D eigenvalue weighted by atomic mass is 9.78. The molecule has 1 aromatic rings. The summed E-state index contributed by atoms with van der Waals surface area (Å²) in [5.74, 6) is 0.731. The number of alkyl halides is 2. The fourth-order valence-electron chi connectivity index (χ4n) is 4.32. The number of hydrogen-bond donors (Lipinski definition) is 0. The molecule has 27 heavy (non-hydrogen) atoms. The van der Waals surface area contributed by atoms with Crippen molar-refractivity contribution in [1.82, 2.24) is 9.80 Å². The normalized spacial score (nSPS) is 25.5. The van der Waals surface area contributed by atoms with Crippen LogP contribution in [0.25, 0.3) is 0 Å². The second-order valence-corrected chi connectivity index (χ2v) is 7.96. The molecule has 2 amide bonds. The molecule has 2 saturated heterocycles. The van der Waals surface area contributed by atoms with Gasteiger partial charge in [-0.3, -0.25) is 9.59 Å². The van der Waals surface area contributed by atoms with Gasteiger partial charge >= 0.3 is 6.61 Å². The van der Waals surface area contributed by atoms with Crippen molar-refractivity contribution in [3.63, 3.8) is 0 Å². The minimum absolute atomic E-state index is 0.0256. The molecule has 0 aromatic heterocycles. The first kappa shape index (κ1) is 18.2. The van der Waals surface area contributed by atoms with Crippen LogP contribution in [0.3, 0.4) is 0 Å². The van der Waals surface area contributed by atoms with Gasteiger partial charge in [-0.05, 0) is 62.3 Å². The number of rotatable bonds is 5. The van der Waals surface area contributed by atoms with Crippen molar-refractivity contribution >= 4 is 11.8 Å². The van der Waals surface area contributed by atoms with Gasteiger partial charge in [0.05, 0.1) is 5.41 Å². The summed E-state index contributed by atoms with van der Waals surface area (Å²) in [6.45, 7) is -0.199. The molecule has 2 aliphatic heterocycles.